The number of aromatic nitrogens is 2. The van der Waals surface area contributed by atoms with Gasteiger partial charge in [0.2, 0.25) is 5.13 Å². The molecule has 0 saturated heterocycles. The Morgan fingerprint density at radius 3 is 2.65 bits per heavy atom. The summed E-state index contributed by atoms with van der Waals surface area (Å²) in [5, 5.41) is 9.66. The Morgan fingerprint density at radius 2 is 2.18 bits per heavy atom. The fraction of sp³-hybridized carbons (Fsp3) is 0.727. The van der Waals surface area contributed by atoms with Gasteiger partial charge < -0.3 is 10.0 Å². The molecule has 6 heteroatoms. The third kappa shape index (κ3) is 2.94. The van der Waals surface area contributed by atoms with E-state index in [9.17, 15) is 4.79 Å². The van der Waals surface area contributed by atoms with Crippen molar-refractivity contribution in [3.8, 4) is 0 Å². The second-order valence-electron chi connectivity index (χ2n) is 5.36. The number of anilines is 1. The van der Waals surface area contributed by atoms with Gasteiger partial charge in [-0.25, -0.2) is 4.98 Å². The first-order chi connectivity index (χ1) is 7.88. The summed E-state index contributed by atoms with van der Waals surface area (Å²) in [6.45, 7) is 5.90. The highest BCUT2D eigenvalue weighted by molar-refractivity contribution is 7.09. The summed E-state index contributed by atoms with van der Waals surface area (Å²) >= 11 is 1.30. The second kappa shape index (κ2) is 4.25. The molecule has 1 fully saturated rings. The minimum Gasteiger partial charge on any atom is -0.480 e. The molecule has 1 aromatic rings. The maximum atomic E-state index is 10.9. The van der Waals surface area contributed by atoms with Crippen LogP contribution in [0.4, 0.5) is 5.13 Å². The van der Waals surface area contributed by atoms with Crippen molar-refractivity contribution in [2.24, 2.45) is 0 Å². The third-order valence-electron chi connectivity index (χ3n) is 2.71. The molecule has 1 aliphatic carbocycles. The number of hydrogen-bond acceptors (Lipinski definition) is 5. The van der Waals surface area contributed by atoms with Crippen LogP contribution in [0.3, 0.4) is 0 Å². The first-order valence-corrected chi connectivity index (χ1v) is 6.48. The van der Waals surface area contributed by atoms with E-state index in [0.29, 0.717) is 11.0 Å². The Labute approximate surface area is 105 Å². The van der Waals surface area contributed by atoms with Crippen LogP contribution in [-0.4, -0.2) is 32.5 Å². The van der Waals surface area contributed by atoms with Crippen LogP contribution >= 0.6 is 11.5 Å². The molecule has 1 saturated carbocycles. The van der Waals surface area contributed by atoms with Crippen molar-refractivity contribution in [1.82, 2.24) is 9.36 Å². The van der Waals surface area contributed by atoms with Gasteiger partial charge in [-0.05, 0) is 33.6 Å². The Bertz CT molecular complexity index is 421. The standard InChI is InChI=1S/C11H17N3O2S/c1-11(2,3)14(6-8(15)16)10-12-9(13-17-10)7-4-5-7/h7H,4-6H2,1-3H3,(H,15,16). The van der Waals surface area contributed by atoms with Crippen molar-refractivity contribution in [1.29, 1.82) is 0 Å². The lowest BCUT2D eigenvalue weighted by Crippen LogP contribution is -2.44. The number of rotatable bonds is 4. The Morgan fingerprint density at radius 1 is 1.53 bits per heavy atom. The van der Waals surface area contributed by atoms with Crippen LogP contribution in [0.1, 0.15) is 45.4 Å². The first kappa shape index (κ1) is 12.3. The molecule has 1 heterocycles. The van der Waals surface area contributed by atoms with Gasteiger partial charge in [0.15, 0.2) is 0 Å². The van der Waals surface area contributed by atoms with Gasteiger partial charge in [-0.1, -0.05) is 0 Å². The summed E-state index contributed by atoms with van der Waals surface area (Å²) < 4.78 is 4.32. The summed E-state index contributed by atoms with van der Waals surface area (Å²) in [6, 6.07) is 0. The summed E-state index contributed by atoms with van der Waals surface area (Å²) in [7, 11) is 0. The maximum Gasteiger partial charge on any atom is 0.323 e. The van der Waals surface area contributed by atoms with Gasteiger partial charge >= 0.3 is 5.97 Å². The summed E-state index contributed by atoms with van der Waals surface area (Å²) in [6.07, 6.45) is 2.31. The number of carbonyl (C=O) groups is 1. The quantitative estimate of drug-likeness (QED) is 0.892. The van der Waals surface area contributed by atoms with Gasteiger partial charge in [0, 0.05) is 23.0 Å². The van der Waals surface area contributed by atoms with E-state index in [1.165, 1.54) is 11.5 Å². The van der Waals surface area contributed by atoms with Gasteiger partial charge in [0.1, 0.15) is 12.4 Å². The number of hydrogen-bond donors (Lipinski definition) is 1. The van der Waals surface area contributed by atoms with E-state index in [2.05, 4.69) is 9.36 Å². The molecule has 0 bridgehead atoms. The van der Waals surface area contributed by atoms with Gasteiger partial charge in [-0.3, -0.25) is 4.79 Å². The molecule has 0 radical (unpaired) electrons. The molecular formula is C11H17N3O2S. The topological polar surface area (TPSA) is 66.3 Å². The van der Waals surface area contributed by atoms with Crippen LogP contribution in [0.25, 0.3) is 0 Å². The van der Waals surface area contributed by atoms with Crippen molar-refractivity contribution in [2.75, 3.05) is 11.4 Å². The van der Waals surface area contributed by atoms with E-state index in [1.807, 2.05) is 20.8 Å². The van der Waals surface area contributed by atoms with Crippen LogP contribution in [0.5, 0.6) is 0 Å². The molecule has 0 amide bonds. The largest absolute Gasteiger partial charge is 0.480 e. The fourth-order valence-electron chi connectivity index (χ4n) is 1.57. The van der Waals surface area contributed by atoms with Crippen molar-refractivity contribution in [3.05, 3.63) is 5.82 Å². The van der Waals surface area contributed by atoms with Crippen LogP contribution in [0.2, 0.25) is 0 Å². The zero-order chi connectivity index (χ0) is 12.6. The van der Waals surface area contributed by atoms with Gasteiger partial charge in [0.25, 0.3) is 0 Å². The molecule has 0 unspecified atom stereocenters. The molecule has 0 spiro atoms. The molecule has 17 heavy (non-hydrogen) atoms. The highest BCUT2D eigenvalue weighted by atomic mass is 32.1. The smallest absolute Gasteiger partial charge is 0.323 e. The molecule has 1 aliphatic rings. The Kier molecular flexibility index (Phi) is 3.07. The SMILES string of the molecule is CC(C)(C)N(CC(=O)O)c1nc(C2CC2)ns1. The highest BCUT2D eigenvalue weighted by Gasteiger charge is 2.31. The molecule has 0 aliphatic heterocycles. The fourth-order valence-corrected chi connectivity index (χ4v) is 2.51. The molecule has 94 valence electrons. The lowest BCUT2D eigenvalue weighted by molar-refractivity contribution is -0.135. The molecule has 1 aromatic heterocycles. The van der Waals surface area contributed by atoms with Crippen LogP contribution in [-0.2, 0) is 4.79 Å². The summed E-state index contributed by atoms with van der Waals surface area (Å²) in [4.78, 5) is 17.2. The van der Waals surface area contributed by atoms with E-state index in [1.54, 1.807) is 4.90 Å². The second-order valence-corrected chi connectivity index (χ2v) is 6.09. The lowest BCUT2D eigenvalue weighted by atomic mass is 10.1. The molecule has 5 nitrogen and oxygen atoms in total. The average molecular weight is 255 g/mol. The van der Waals surface area contributed by atoms with E-state index in [0.717, 1.165) is 18.7 Å². The van der Waals surface area contributed by atoms with Crippen LogP contribution in [0, 0.1) is 0 Å². The van der Waals surface area contributed by atoms with E-state index < -0.39 is 5.97 Å². The van der Waals surface area contributed by atoms with E-state index in [-0.39, 0.29) is 12.1 Å². The Balaban J connectivity index is 2.21. The van der Waals surface area contributed by atoms with Crippen molar-refractivity contribution in [2.45, 2.75) is 45.1 Å². The minimum atomic E-state index is -0.844. The van der Waals surface area contributed by atoms with Gasteiger partial charge in [0.05, 0.1) is 0 Å². The number of aliphatic carboxylic acids is 1. The maximum absolute atomic E-state index is 10.9. The van der Waals surface area contributed by atoms with Gasteiger partial charge in [-0.15, -0.1) is 0 Å². The lowest BCUT2D eigenvalue weighted by Gasteiger charge is -2.33. The number of nitrogens with zero attached hydrogens (tertiary/aromatic N) is 3. The minimum absolute atomic E-state index is 0.0389. The normalized spacial score (nSPS) is 15.9. The van der Waals surface area contributed by atoms with Crippen LogP contribution < -0.4 is 4.90 Å². The average Bonchev–Trinajstić information content (AvgIpc) is 2.92. The van der Waals surface area contributed by atoms with Gasteiger partial charge in [-0.2, -0.15) is 4.37 Å². The molecular weight excluding hydrogens is 238 g/mol. The predicted octanol–water partition coefficient (Wildman–Crippen LogP) is 2.10. The molecule has 0 aromatic carbocycles. The molecule has 1 N–H and O–H groups in total. The first-order valence-electron chi connectivity index (χ1n) is 5.71. The summed E-state index contributed by atoms with van der Waals surface area (Å²) in [5.41, 5.74) is -0.265. The monoisotopic (exact) mass is 255 g/mol. The molecule has 2 rings (SSSR count). The van der Waals surface area contributed by atoms with E-state index in [4.69, 9.17) is 5.11 Å². The zero-order valence-corrected chi connectivity index (χ0v) is 11.1. The third-order valence-corrected chi connectivity index (χ3v) is 3.46. The number of carboxylic acid groups (broad SMARTS) is 1. The summed E-state index contributed by atoms with van der Waals surface area (Å²) in [5.74, 6) is 0.541. The van der Waals surface area contributed by atoms with Crippen molar-refractivity contribution >= 4 is 22.6 Å². The zero-order valence-electron chi connectivity index (χ0n) is 10.3. The Hall–Kier alpha value is -1.17. The van der Waals surface area contributed by atoms with E-state index >= 15 is 0 Å². The predicted molar refractivity (Wildman–Crippen MR) is 66.6 cm³/mol. The van der Waals surface area contributed by atoms with Crippen LogP contribution in [0.15, 0.2) is 0 Å². The number of carboxylic acids is 1. The molecule has 0 atom stereocenters. The highest BCUT2D eigenvalue weighted by Crippen LogP contribution is 2.40. The van der Waals surface area contributed by atoms with Crippen molar-refractivity contribution < 1.29 is 9.90 Å². The van der Waals surface area contributed by atoms with Crippen molar-refractivity contribution in [3.63, 3.8) is 0 Å².